The average Bonchev–Trinajstić information content (AvgIpc) is 3.15. The molecule has 0 heterocycles. The van der Waals surface area contributed by atoms with Crippen LogP contribution in [-0.4, -0.2) is 23.0 Å². The Labute approximate surface area is 120 Å². The van der Waals surface area contributed by atoms with E-state index in [1.165, 1.54) is 12.1 Å². The number of nitrogens with one attached hydrogen (secondary N) is 1. The van der Waals surface area contributed by atoms with Gasteiger partial charge in [-0.2, -0.15) is 0 Å². The van der Waals surface area contributed by atoms with E-state index in [0.29, 0.717) is 23.4 Å². The Bertz CT molecular complexity index is 529. The molecule has 1 amide bonds. The second-order valence-electron chi connectivity index (χ2n) is 4.89. The van der Waals surface area contributed by atoms with Gasteiger partial charge in [0.2, 0.25) is 5.91 Å². The van der Waals surface area contributed by atoms with Gasteiger partial charge in [-0.25, -0.2) is 9.18 Å². The fourth-order valence-electron chi connectivity index (χ4n) is 2.29. The molecule has 1 saturated carbocycles. The van der Waals surface area contributed by atoms with Gasteiger partial charge in [-0.05, 0) is 25.0 Å². The first-order valence-corrected chi connectivity index (χ1v) is 6.80. The minimum absolute atomic E-state index is 0.269. The molecule has 20 heavy (non-hydrogen) atoms. The summed E-state index contributed by atoms with van der Waals surface area (Å²) in [5, 5.41) is 11.7. The van der Waals surface area contributed by atoms with E-state index in [9.17, 15) is 14.0 Å². The second kappa shape index (κ2) is 5.79. The molecule has 1 aliphatic carbocycles. The number of amides is 1. The Hall–Kier alpha value is -1.62. The molecule has 0 radical (unpaired) electrons. The molecular weight excluding hydrogens is 285 g/mol. The standard InChI is InChI=1S/C14H15ClFNO3/c1-2-11(14(19)20)17-13(18)8-6-7(8)12-9(15)4-3-5-10(12)16/h3-5,7-8,11H,2,6H2,1H3,(H,17,18)(H,19,20). The van der Waals surface area contributed by atoms with Crippen molar-refractivity contribution in [1.82, 2.24) is 5.32 Å². The lowest BCUT2D eigenvalue weighted by molar-refractivity contribution is -0.142. The number of hydrogen-bond donors (Lipinski definition) is 2. The fraction of sp³-hybridized carbons (Fsp3) is 0.429. The zero-order valence-corrected chi connectivity index (χ0v) is 11.7. The van der Waals surface area contributed by atoms with Crippen molar-refractivity contribution in [3.05, 3.63) is 34.6 Å². The van der Waals surface area contributed by atoms with Gasteiger partial charge >= 0.3 is 5.97 Å². The van der Waals surface area contributed by atoms with Crippen LogP contribution in [0.4, 0.5) is 4.39 Å². The van der Waals surface area contributed by atoms with Crippen LogP contribution in [0.3, 0.4) is 0 Å². The van der Waals surface area contributed by atoms with Crippen LogP contribution in [0.1, 0.15) is 31.2 Å². The number of hydrogen-bond acceptors (Lipinski definition) is 2. The van der Waals surface area contributed by atoms with Crippen LogP contribution in [0.25, 0.3) is 0 Å². The van der Waals surface area contributed by atoms with E-state index < -0.39 is 23.7 Å². The maximum Gasteiger partial charge on any atom is 0.326 e. The predicted molar refractivity (Wildman–Crippen MR) is 72.1 cm³/mol. The van der Waals surface area contributed by atoms with Gasteiger partial charge in [0, 0.05) is 22.4 Å². The number of benzene rings is 1. The molecule has 0 saturated heterocycles. The molecule has 1 aliphatic rings. The molecule has 2 N–H and O–H groups in total. The van der Waals surface area contributed by atoms with Crippen LogP contribution < -0.4 is 5.32 Å². The van der Waals surface area contributed by atoms with Gasteiger partial charge in [0.15, 0.2) is 0 Å². The van der Waals surface area contributed by atoms with E-state index in [1.54, 1.807) is 13.0 Å². The lowest BCUT2D eigenvalue weighted by Crippen LogP contribution is -2.41. The molecule has 0 aromatic heterocycles. The van der Waals surface area contributed by atoms with Gasteiger partial charge in [0.05, 0.1) is 0 Å². The second-order valence-corrected chi connectivity index (χ2v) is 5.30. The molecule has 3 atom stereocenters. The summed E-state index contributed by atoms with van der Waals surface area (Å²) < 4.78 is 13.7. The largest absolute Gasteiger partial charge is 0.480 e. The fourth-order valence-corrected chi connectivity index (χ4v) is 2.59. The molecule has 1 fully saturated rings. The summed E-state index contributed by atoms with van der Waals surface area (Å²) in [6, 6.07) is 3.50. The highest BCUT2D eigenvalue weighted by Gasteiger charge is 2.46. The molecule has 1 aromatic rings. The summed E-state index contributed by atoms with van der Waals surface area (Å²) >= 11 is 5.95. The van der Waals surface area contributed by atoms with Crippen LogP contribution in [-0.2, 0) is 9.59 Å². The van der Waals surface area contributed by atoms with Crippen molar-refractivity contribution in [1.29, 1.82) is 0 Å². The lowest BCUT2D eigenvalue weighted by atomic mass is 10.1. The molecule has 1 aromatic carbocycles. The minimum Gasteiger partial charge on any atom is -0.480 e. The molecule has 108 valence electrons. The Morgan fingerprint density at radius 2 is 2.25 bits per heavy atom. The smallest absolute Gasteiger partial charge is 0.326 e. The van der Waals surface area contributed by atoms with Crippen molar-refractivity contribution in [3.8, 4) is 0 Å². The van der Waals surface area contributed by atoms with Crippen LogP contribution in [0.15, 0.2) is 18.2 Å². The monoisotopic (exact) mass is 299 g/mol. The number of rotatable bonds is 5. The maximum absolute atomic E-state index is 13.7. The zero-order chi connectivity index (χ0) is 14.9. The van der Waals surface area contributed by atoms with Crippen molar-refractivity contribution < 1.29 is 19.1 Å². The van der Waals surface area contributed by atoms with Crippen molar-refractivity contribution in [2.45, 2.75) is 31.7 Å². The topological polar surface area (TPSA) is 66.4 Å². The zero-order valence-electron chi connectivity index (χ0n) is 10.9. The highest BCUT2D eigenvalue weighted by atomic mass is 35.5. The number of halogens is 2. The van der Waals surface area contributed by atoms with Crippen molar-refractivity contribution >= 4 is 23.5 Å². The number of carboxylic acid groups (broad SMARTS) is 1. The molecular formula is C14H15ClFNO3. The molecule has 6 heteroatoms. The van der Waals surface area contributed by atoms with Gasteiger partial charge in [-0.3, -0.25) is 4.79 Å². The predicted octanol–water partition coefficient (Wildman–Crippen LogP) is 2.56. The first-order valence-electron chi connectivity index (χ1n) is 6.42. The average molecular weight is 300 g/mol. The van der Waals surface area contributed by atoms with E-state index in [4.69, 9.17) is 16.7 Å². The van der Waals surface area contributed by atoms with Gasteiger partial charge in [-0.1, -0.05) is 24.6 Å². The summed E-state index contributed by atoms with van der Waals surface area (Å²) in [5.74, 6) is -2.53. The summed E-state index contributed by atoms with van der Waals surface area (Å²) in [7, 11) is 0. The number of carboxylic acids is 1. The molecule has 2 rings (SSSR count). The summed E-state index contributed by atoms with van der Waals surface area (Å²) in [5.41, 5.74) is 0.345. The third-order valence-electron chi connectivity index (χ3n) is 3.52. The third-order valence-corrected chi connectivity index (χ3v) is 3.85. The normalized spacial score (nSPS) is 22.1. The Balaban J connectivity index is 2.05. The molecule has 0 bridgehead atoms. The Kier molecular flexibility index (Phi) is 4.28. The summed E-state index contributed by atoms with van der Waals surface area (Å²) in [6.45, 7) is 1.68. The van der Waals surface area contributed by atoms with Crippen LogP contribution in [0.2, 0.25) is 5.02 Å². The SMILES string of the molecule is CCC(NC(=O)C1CC1c1c(F)cccc1Cl)C(=O)O. The number of carbonyl (C=O) groups excluding carboxylic acids is 1. The van der Waals surface area contributed by atoms with E-state index in [-0.39, 0.29) is 11.8 Å². The van der Waals surface area contributed by atoms with Gasteiger partial charge in [-0.15, -0.1) is 0 Å². The number of aliphatic carboxylic acids is 1. The first kappa shape index (κ1) is 14.8. The van der Waals surface area contributed by atoms with Crippen molar-refractivity contribution in [2.75, 3.05) is 0 Å². The van der Waals surface area contributed by atoms with E-state index in [2.05, 4.69) is 5.32 Å². The van der Waals surface area contributed by atoms with Gasteiger partial charge in [0.1, 0.15) is 11.9 Å². The van der Waals surface area contributed by atoms with Crippen LogP contribution >= 0.6 is 11.6 Å². The van der Waals surface area contributed by atoms with Crippen molar-refractivity contribution in [3.63, 3.8) is 0 Å². The van der Waals surface area contributed by atoms with E-state index in [0.717, 1.165) is 0 Å². The van der Waals surface area contributed by atoms with E-state index in [1.807, 2.05) is 0 Å². The molecule has 4 nitrogen and oxygen atoms in total. The first-order chi connectivity index (χ1) is 9.45. The highest BCUT2D eigenvalue weighted by molar-refractivity contribution is 6.31. The van der Waals surface area contributed by atoms with Crippen LogP contribution in [0.5, 0.6) is 0 Å². The lowest BCUT2D eigenvalue weighted by Gasteiger charge is -2.12. The Morgan fingerprint density at radius 3 is 2.80 bits per heavy atom. The minimum atomic E-state index is -1.07. The van der Waals surface area contributed by atoms with E-state index >= 15 is 0 Å². The van der Waals surface area contributed by atoms with Gasteiger partial charge in [0.25, 0.3) is 0 Å². The van der Waals surface area contributed by atoms with Crippen molar-refractivity contribution in [2.24, 2.45) is 5.92 Å². The maximum atomic E-state index is 13.7. The molecule has 0 spiro atoms. The molecule has 0 aliphatic heterocycles. The summed E-state index contributed by atoms with van der Waals surface area (Å²) in [6.07, 6.45) is 0.793. The number of carbonyl (C=O) groups is 2. The van der Waals surface area contributed by atoms with Crippen LogP contribution in [0, 0.1) is 11.7 Å². The quantitative estimate of drug-likeness (QED) is 0.878. The summed E-state index contributed by atoms with van der Waals surface area (Å²) in [4.78, 5) is 22.8. The molecule has 3 unspecified atom stereocenters. The van der Waals surface area contributed by atoms with Gasteiger partial charge < -0.3 is 10.4 Å². The Morgan fingerprint density at radius 1 is 1.55 bits per heavy atom. The highest BCUT2D eigenvalue weighted by Crippen LogP contribution is 2.50. The third kappa shape index (κ3) is 2.93.